The molecular formula is C13H21BrO. The van der Waals surface area contributed by atoms with Crippen LogP contribution in [0.4, 0.5) is 0 Å². The molecule has 1 N–H and O–H groups in total. The normalized spacial score (nSPS) is 40.2. The van der Waals surface area contributed by atoms with Crippen LogP contribution in [0, 0.1) is 11.3 Å². The molecule has 0 heterocycles. The van der Waals surface area contributed by atoms with Gasteiger partial charge in [0.05, 0.1) is 5.60 Å². The molecule has 0 amide bonds. The van der Waals surface area contributed by atoms with Gasteiger partial charge in [0.2, 0.25) is 0 Å². The maximum absolute atomic E-state index is 10.2. The van der Waals surface area contributed by atoms with Crippen molar-refractivity contribution >= 4 is 15.9 Å². The van der Waals surface area contributed by atoms with Crippen LogP contribution >= 0.6 is 15.9 Å². The summed E-state index contributed by atoms with van der Waals surface area (Å²) in [5, 5.41) is 10.2. The van der Waals surface area contributed by atoms with Crippen LogP contribution < -0.4 is 0 Å². The fraction of sp³-hybridized carbons (Fsp3) is 0.846. The van der Waals surface area contributed by atoms with Gasteiger partial charge in [-0.2, -0.15) is 0 Å². The van der Waals surface area contributed by atoms with Crippen LogP contribution in [0.1, 0.15) is 52.9 Å². The molecule has 0 saturated heterocycles. The third-order valence-electron chi connectivity index (χ3n) is 4.31. The van der Waals surface area contributed by atoms with Crippen molar-refractivity contribution in [3.8, 4) is 0 Å². The molecule has 0 aromatic rings. The van der Waals surface area contributed by atoms with E-state index in [4.69, 9.17) is 0 Å². The van der Waals surface area contributed by atoms with E-state index in [0.717, 1.165) is 17.3 Å². The van der Waals surface area contributed by atoms with Gasteiger partial charge in [-0.1, -0.05) is 35.4 Å². The SMILES string of the molecule is CC1(O)CCC2C(=C1Br)CCCC2(C)C. The highest BCUT2D eigenvalue weighted by atomic mass is 79.9. The van der Waals surface area contributed by atoms with E-state index in [-0.39, 0.29) is 0 Å². The molecule has 1 saturated carbocycles. The summed E-state index contributed by atoms with van der Waals surface area (Å²) in [4.78, 5) is 0. The summed E-state index contributed by atoms with van der Waals surface area (Å²) in [7, 11) is 0. The molecule has 2 aliphatic carbocycles. The summed E-state index contributed by atoms with van der Waals surface area (Å²) in [6, 6.07) is 0. The third kappa shape index (κ3) is 1.91. The van der Waals surface area contributed by atoms with Crippen LogP contribution in [-0.4, -0.2) is 10.7 Å². The standard InChI is InChI=1S/C13H21BrO/c1-12(2)7-4-5-9-10(12)6-8-13(3,15)11(9)14/h10,15H,4-8H2,1-3H3. The average molecular weight is 273 g/mol. The van der Waals surface area contributed by atoms with Crippen molar-refractivity contribution in [1.82, 2.24) is 0 Å². The first-order valence-electron chi connectivity index (χ1n) is 5.96. The Hall–Kier alpha value is 0.180. The van der Waals surface area contributed by atoms with Crippen LogP contribution in [0.5, 0.6) is 0 Å². The molecule has 86 valence electrons. The Labute approximate surface area is 101 Å². The monoisotopic (exact) mass is 272 g/mol. The lowest BCUT2D eigenvalue weighted by Gasteiger charge is -2.46. The number of rotatable bonds is 0. The van der Waals surface area contributed by atoms with Gasteiger partial charge in [-0.3, -0.25) is 0 Å². The molecule has 1 nitrogen and oxygen atoms in total. The Morgan fingerprint density at radius 3 is 2.60 bits per heavy atom. The topological polar surface area (TPSA) is 20.2 Å². The zero-order valence-electron chi connectivity index (χ0n) is 9.94. The Bertz CT molecular complexity index is 302. The van der Waals surface area contributed by atoms with Gasteiger partial charge < -0.3 is 5.11 Å². The Kier molecular flexibility index (Phi) is 2.79. The Morgan fingerprint density at radius 1 is 1.27 bits per heavy atom. The fourth-order valence-corrected chi connectivity index (χ4v) is 3.94. The summed E-state index contributed by atoms with van der Waals surface area (Å²) >= 11 is 3.63. The molecule has 0 aromatic heterocycles. The summed E-state index contributed by atoms with van der Waals surface area (Å²) in [6.07, 6.45) is 5.80. The van der Waals surface area contributed by atoms with Gasteiger partial charge in [0.15, 0.2) is 0 Å². The van der Waals surface area contributed by atoms with Gasteiger partial charge in [-0.15, -0.1) is 0 Å². The zero-order valence-corrected chi connectivity index (χ0v) is 11.5. The van der Waals surface area contributed by atoms with E-state index in [1.165, 1.54) is 24.8 Å². The minimum absolute atomic E-state index is 0.420. The molecule has 0 aliphatic heterocycles. The molecule has 2 unspecified atom stereocenters. The lowest BCUT2D eigenvalue weighted by Crippen LogP contribution is -2.39. The number of allylic oxidation sites excluding steroid dienone is 1. The summed E-state index contributed by atoms with van der Waals surface area (Å²) in [5.74, 6) is 0.681. The maximum Gasteiger partial charge on any atom is 0.0932 e. The molecule has 0 bridgehead atoms. The molecule has 0 spiro atoms. The van der Waals surface area contributed by atoms with Crippen LogP contribution in [0.15, 0.2) is 10.1 Å². The van der Waals surface area contributed by atoms with Crippen LogP contribution in [-0.2, 0) is 0 Å². The van der Waals surface area contributed by atoms with E-state index >= 15 is 0 Å². The quantitative estimate of drug-likeness (QED) is 0.707. The Morgan fingerprint density at radius 2 is 1.93 bits per heavy atom. The lowest BCUT2D eigenvalue weighted by atomic mass is 9.61. The van der Waals surface area contributed by atoms with E-state index in [9.17, 15) is 5.11 Å². The third-order valence-corrected chi connectivity index (χ3v) is 5.67. The number of halogens is 1. The highest BCUT2D eigenvalue weighted by Crippen LogP contribution is 2.53. The molecule has 15 heavy (non-hydrogen) atoms. The lowest BCUT2D eigenvalue weighted by molar-refractivity contribution is 0.0569. The first-order chi connectivity index (χ1) is 6.84. The van der Waals surface area contributed by atoms with E-state index in [2.05, 4.69) is 29.8 Å². The second-order valence-electron chi connectivity index (χ2n) is 6.05. The minimum Gasteiger partial charge on any atom is -0.385 e. The molecule has 1 fully saturated rings. The Balaban J connectivity index is 2.39. The summed E-state index contributed by atoms with van der Waals surface area (Å²) in [6.45, 7) is 6.68. The largest absolute Gasteiger partial charge is 0.385 e. The smallest absolute Gasteiger partial charge is 0.0932 e. The highest BCUT2D eigenvalue weighted by molar-refractivity contribution is 9.11. The number of hydrogen-bond acceptors (Lipinski definition) is 1. The van der Waals surface area contributed by atoms with Crippen LogP contribution in [0.25, 0.3) is 0 Å². The van der Waals surface area contributed by atoms with Crippen molar-refractivity contribution in [2.75, 3.05) is 0 Å². The van der Waals surface area contributed by atoms with Crippen molar-refractivity contribution in [3.05, 3.63) is 10.1 Å². The maximum atomic E-state index is 10.2. The fourth-order valence-electron chi connectivity index (χ4n) is 3.26. The number of aliphatic hydroxyl groups is 1. The van der Waals surface area contributed by atoms with Crippen molar-refractivity contribution in [3.63, 3.8) is 0 Å². The van der Waals surface area contributed by atoms with Crippen molar-refractivity contribution < 1.29 is 5.11 Å². The van der Waals surface area contributed by atoms with E-state index in [1.807, 2.05) is 6.92 Å². The molecule has 2 atom stereocenters. The molecule has 0 radical (unpaired) electrons. The average Bonchev–Trinajstić information content (AvgIpc) is 2.11. The van der Waals surface area contributed by atoms with Gasteiger partial charge in [-0.25, -0.2) is 0 Å². The number of hydrogen-bond donors (Lipinski definition) is 1. The first kappa shape index (κ1) is 11.7. The first-order valence-corrected chi connectivity index (χ1v) is 6.75. The second-order valence-corrected chi connectivity index (χ2v) is 6.84. The van der Waals surface area contributed by atoms with Gasteiger partial charge in [0.1, 0.15) is 0 Å². The van der Waals surface area contributed by atoms with Gasteiger partial charge in [-0.05, 0) is 50.4 Å². The van der Waals surface area contributed by atoms with Crippen LogP contribution in [0.3, 0.4) is 0 Å². The van der Waals surface area contributed by atoms with E-state index in [1.54, 1.807) is 0 Å². The van der Waals surface area contributed by atoms with Gasteiger partial charge in [0.25, 0.3) is 0 Å². The van der Waals surface area contributed by atoms with E-state index < -0.39 is 5.60 Å². The zero-order chi connectivity index (χ0) is 11.3. The second kappa shape index (κ2) is 3.59. The predicted molar refractivity (Wildman–Crippen MR) is 66.9 cm³/mol. The van der Waals surface area contributed by atoms with Crippen molar-refractivity contribution in [2.24, 2.45) is 11.3 Å². The van der Waals surface area contributed by atoms with Crippen LogP contribution in [0.2, 0.25) is 0 Å². The van der Waals surface area contributed by atoms with Gasteiger partial charge in [0, 0.05) is 4.48 Å². The predicted octanol–water partition coefficient (Wildman–Crippen LogP) is 4.01. The summed E-state index contributed by atoms with van der Waals surface area (Å²) in [5.41, 5.74) is 1.30. The number of fused-ring (bicyclic) bond motifs is 1. The molecule has 0 aromatic carbocycles. The van der Waals surface area contributed by atoms with Crippen molar-refractivity contribution in [2.45, 2.75) is 58.5 Å². The van der Waals surface area contributed by atoms with Crippen molar-refractivity contribution in [1.29, 1.82) is 0 Å². The summed E-state index contributed by atoms with van der Waals surface area (Å²) < 4.78 is 1.08. The molecule has 2 aliphatic rings. The van der Waals surface area contributed by atoms with Gasteiger partial charge >= 0.3 is 0 Å². The molecule has 2 rings (SSSR count). The molecule has 2 heteroatoms. The highest BCUT2D eigenvalue weighted by Gasteiger charge is 2.43. The molecular weight excluding hydrogens is 252 g/mol. The van der Waals surface area contributed by atoms with E-state index in [0.29, 0.717) is 11.3 Å². The minimum atomic E-state index is -0.612.